The van der Waals surface area contributed by atoms with Crippen molar-refractivity contribution >= 4 is 21.5 Å². The van der Waals surface area contributed by atoms with Crippen LogP contribution in [0.5, 0.6) is 5.75 Å². The molecule has 1 N–H and O–H groups in total. The molecule has 0 aliphatic rings. The van der Waals surface area contributed by atoms with Crippen molar-refractivity contribution in [3.8, 4) is 5.75 Å². The largest absolute Gasteiger partial charge is 0.432 e. The van der Waals surface area contributed by atoms with E-state index in [4.69, 9.17) is 0 Å². The first kappa shape index (κ1) is 17.1. The molecule has 2 aromatic rings. The van der Waals surface area contributed by atoms with Gasteiger partial charge in [0.1, 0.15) is 0 Å². The number of halogens is 2. The van der Waals surface area contributed by atoms with E-state index >= 15 is 0 Å². The summed E-state index contributed by atoms with van der Waals surface area (Å²) in [4.78, 5) is 7.76. The van der Waals surface area contributed by atoms with E-state index in [9.17, 15) is 17.2 Å². The van der Waals surface area contributed by atoms with Crippen molar-refractivity contribution in [3.63, 3.8) is 0 Å². The summed E-state index contributed by atoms with van der Waals surface area (Å²) in [7, 11) is -3.49. The molecule has 1 aromatic heterocycles. The molecule has 0 bridgehead atoms. The van der Waals surface area contributed by atoms with Gasteiger partial charge in [0.15, 0.2) is 15.6 Å². The lowest BCUT2D eigenvalue weighted by Crippen LogP contribution is -2.15. The zero-order valence-electron chi connectivity index (χ0n) is 12.4. The molecule has 0 spiro atoms. The maximum atomic E-state index is 12.3. The topological polar surface area (TPSA) is 81.2 Å². The van der Waals surface area contributed by atoms with Gasteiger partial charge in [0.25, 0.3) is 0 Å². The zero-order chi connectivity index (χ0) is 17.0. The van der Waals surface area contributed by atoms with Crippen molar-refractivity contribution in [1.29, 1.82) is 0 Å². The Hall–Kier alpha value is -2.29. The molecule has 0 unspecified atom stereocenters. The fraction of sp³-hybridized carbons (Fsp3) is 0.286. The van der Waals surface area contributed by atoms with Gasteiger partial charge in [0, 0.05) is 0 Å². The van der Waals surface area contributed by atoms with Crippen LogP contribution in [0.25, 0.3) is 0 Å². The molecule has 2 rings (SSSR count). The van der Waals surface area contributed by atoms with E-state index in [1.807, 2.05) is 0 Å². The number of nitrogens with zero attached hydrogens (tertiary/aromatic N) is 2. The van der Waals surface area contributed by atoms with Gasteiger partial charge in [-0.1, -0.05) is 12.1 Å². The number of rotatable bonds is 6. The van der Waals surface area contributed by atoms with Crippen molar-refractivity contribution < 1.29 is 21.9 Å². The summed E-state index contributed by atoms with van der Waals surface area (Å²) in [6.07, 6.45) is 2.14. The number of hydrogen-bond donors (Lipinski definition) is 1. The van der Waals surface area contributed by atoms with Crippen LogP contribution in [0.4, 0.5) is 20.4 Å². The monoisotopic (exact) mass is 343 g/mol. The minimum absolute atomic E-state index is 0.0676. The van der Waals surface area contributed by atoms with Crippen molar-refractivity contribution in [2.24, 2.45) is 0 Å². The van der Waals surface area contributed by atoms with Gasteiger partial charge >= 0.3 is 6.61 Å². The molecule has 6 nitrogen and oxygen atoms in total. The summed E-state index contributed by atoms with van der Waals surface area (Å²) in [6.45, 7) is 0.201. The molecule has 124 valence electrons. The van der Waals surface area contributed by atoms with Gasteiger partial charge in [-0.25, -0.2) is 18.4 Å². The van der Waals surface area contributed by atoms with Crippen molar-refractivity contribution in [2.75, 3.05) is 5.32 Å². The van der Waals surface area contributed by atoms with Gasteiger partial charge in [0.05, 0.1) is 28.2 Å². The first-order chi connectivity index (χ1) is 10.8. The molecule has 0 atom stereocenters. The van der Waals surface area contributed by atoms with E-state index in [-0.39, 0.29) is 16.6 Å². The molecular formula is C14H15F2N3O3S. The molecule has 0 saturated carbocycles. The molecule has 0 fully saturated rings. The van der Waals surface area contributed by atoms with Crippen molar-refractivity contribution in [1.82, 2.24) is 9.97 Å². The third-order valence-corrected chi connectivity index (χ3v) is 5.12. The van der Waals surface area contributed by atoms with Crippen LogP contribution in [-0.2, 0) is 9.84 Å². The summed E-state index contributed by atoms with van der Waals surface area (Å²) in [5.74, 6) is -0.119. The van der Waals surface area contributed by atoms with E-state index in [0.29, 0.717) is 5.69 Å². The van der Waals surface area contributed by atoms with Crippen LogP contribution < -0.4 is 10.1 Å². The predicted molar refractivity (Wildman–Crippen MR) is 80.7 cm³/mol. The summed E-state index contributed by atoms with van der Waals surface area (Å²) in [5, 5.41) is 2.18. The fourth-order valence-corrected chi connectivity index (χ4v) is 2.94. The van der Waals surface area contributed by atoms with Crippen LogP contribution in [0.15, 0.2) is 41.6 Å². The van der Waals surface area contributed by atoms with Gasteiger partial charge in [-0.2, -0.15) is 8.78 Å². The molecule has 0 radical (unpaired) electrons. The smallest absolute Gasteiger partial charge is 0.387 e. The number of hydrogen-bond acceptors (Lipinski definition) is 6. The summed E-state index contributed by atoms with van der Waals surface area (Å²) >= 11 is 0. The predicted octanol–water partition coefficient (Wildman–Crippen LogP) is 3.00. The normalized spacial score (nSPS) is 11.7. The minimum Gasteiger partial charge on any atom is -0.432 e. The summed E-state index contributed by atoms with van der Waals surface area (Å²) in [5.41, 5.74) is 0.309. The van der Waals surface area contributed by atoms with Crippen LogP contribution in [0.2, 0.25) is 0 Å². The molecule has 1 heterocycles. The number of sulfone groups is 1. The van der Waals surface area contributed by atoms with Gasteiger partial charge in [0.2, 0.25) is 5.95 Å². The SMILES string of the molecule is CC(C)S(=O)(=O)c1ccccc1Nc1ncc(OC(F)F)cn1. The second-order valence-electron chi connectivity index (χ2n) is 4.84. The summed E-state index contributed by atoms with van der Waals surface area (Å²) in [6, 6.07) is 6.32. The Balaban J connectivity index is 2.28. The van der Waals surface area contributed by atoms with Gasteiger partial charge in [-0.3, -0.25) is 0 Å². The average Bonchev–Trinajstić information content (AvgIpc) is 2.49. The molecule has 1 aromatic carbocycles. The highest BCUT2D eigenvalue weighted by molar-refractivity contribution is 7.92. The van der Waals surface area contributed by atoms with Crippen LogP contribution >= 0.6 is 0 Å². The number of nitrogens with one attached hydrogen (secondary N) is 1. The number of alkyl halides is 2. The van der Waals surface area contributed by atoms with Crippen molar-refractivity contribution in [3.05, 3.63) is 36.7 Å². The number of benzene rings is 1. The third-order valence-electron chi connectivity index (χ3n) is 2.91. The molecular weight excluding hydrogens is 328 g/mol. The highest BCUT2D eigenvalue weighted by Crippen LogP contribution is 2.26. The van der Waals surface area contributed by atoms with Gasteiger partial charge in [-0.05, 0) is 26.0 Å². The molecule has 0 saturated heterocycles. The Bertz CT molecular complexity index is 765. The Morgan fingerprint density at radius 2 is 1.74 bits per heavy atom. The maximum absolute atomic E-state index is 12.3. The fourth-order valence-electron chi connectivity index (χ4n) is 1.74. The number of para-hydroxylation sites is 1. The van der Waals surface area contributed by atoms with Gasteiger partial charge in [-0.15, -0.1) is 0 Å². The molecule has 0 aliphatic heterocycles. The highest BCUT2D eigenvalue weighted by Gasteiger charge is 2.22. The Labute approximate surface area is 132 Å². The maximum Gasteiger partial charge on any atom is 0.387 e. The first-order valence-electron chi connectivity index (χ1n) is 6.67. The standard InChI is InChI=1S/C14H15F2N3O3S/c1-9(2)23(20,21)12-6-4-3-5-11(12)19-14-17-7-10(8-18-14)22-13(15)16/h3-9,13H,1-2H3,(H,17,18,19). The molecule has 0 amide bonds. The number of anilines is 2. The Morgan fingerprint density at radius 1 is 1.13 bits per heavy atom. The van der Waals surface area contributed by atoms with E-state index in [1.165, 1.54) is 6.07 Å². The lowest BCUT2D eigenvalue weighted by molar-refractivity contribution is -0.0503. The van der Waals surface area contributed by atoms with Crippen molar-refractivity contribution in [2.45, 2.75) is 30.6 Å². The number of ether oxygens (including phenoxy) is 1. The highest BCUT2D eigenvalue weighted by atomic mass is 32.2. The van der Waals surface area contributed by atoms with Crippen LogP contribution in [0.1, 0.15) is 13.8 Å². The average molecular weight is 343 g/mol. The van der Waals surface area contributed by atoms with Crippen LogP contribution in [0, 0.1) is 0 Å². The quantitative estimate of drug-likeness (QED) is 0.868. The van der Waals surface area contributed by atoms with E-state index in [1.54, 1.807) is 32.0 Å². The van der Waals surface area contributed by atoms with Crippen LogP contribution in [0.3, 0.4) is 0 Å². The first-order valence-corrected chi connectivity index (χ1v) is 8.22. The van der Waals surface area contributed by atoms with Gasteiger partial charge < -0.3 is 10.1 Å². The zero-order valence-corrected chi connectivity index (χ0v) is 13.2. The minimum atomic E-state index is -3.49. The van der Waals surface area contributed by atoms with E-state index in [2.05, 4.69) is 20.0 Å². The molecule has 9 heteroatoms. The summed E-state index contributed by atoms with van der Waals surface area (Å²) < 4.78 is 53.0. The Kier molecular flexibility index (Phi) is 5.09. The molecule has 23 heavy (non-hydrogen) atoms. The number of aromatic nitrogens is 2. The lowest BCUT2D eigenvalue weighted by Gasteiger charge is -2.13. The van der Waals surface area contributed by atoms with E-state index in [0.717, 1.165) is 12.4 Å². The molecule has 0 aliphatic carbocycles. The third kappa shape index (κ3) is 4.13. The second-order valence-corrected chi connectivity index (χ2v) is 7.31. The lowest BCUT2D eigenvalue weighted by atomic mass is 10.3. The van der Waals surface area contributed by atoms with E-state index < -0.39 is 21.7 Å². The second kappa shape index (κ2) is 6.86. The Morgan fingerprint density at radius 3 is 2.30 bits per heavy atom. The van der Waals surface area contributed by atoms with Crippen LogP contribution in [-0.4, -0.2) is 30.2 Å².